The maximum absolute atomic E-state index is 5.68. The molecular weight excluding hydrogens is 188 g/mol. The highest BCUT2D eigenvalue weighted by atomic mass is 16.5. The van der Waals surface area contributed by atoms with Crippen molar-refractivity contribution >= 4 is 0 Å². The van der Waals surface area contributed by atoms with Crippen LogP contribution >= 0.6 is 0 Å². The van der Waals surface area contributed by atoms with Crippen LogP contribution in [0.2, 0.25) is 0 Å². The van der Waals surface area contributed by atoms with Crippen molar-refractivity contribution in [1.29, 1.82) is 0 Å². The normalized spacial score (nSPS) is 39.2. The smallest absolute Gasteiger partial charge is 0.0564 e. The SMILES string of the molecule is CC[C@]1(N2CCNCC2)CCO[C@H](C)C1. The molecule has 2 heterocycles. The maximum atomic E-state index is 5.68. The molecule has 2 aliphatic rings. The third-order valence-corrected chi connectivity index (χ3v) is 4.08. The van der Waals surface area contributed by atoms with Crippen molar-refractivity contribution in [2.45, 2.75) is 44.8 Å². The number of nitrogens with one attached hydrogen (secondary N) is 1. The first kappa shape index (κ1) is 11.4. The first-order valence-electron chi connectivity index (χ1n) is 6.34. The van der Waals surface area contributed by atoms with Crippen LogP contribution in [0.1, 0.15) is 33.1 Å². The first-order chi connectivity index (χ1) is 7.27. The van der Waals surface area contributed by atoms with E-state index < -0.39 is 0 Å². The van der Waals surface area contributed by atoms with E-state index in [9.17, 15) is 0 Å². The van der Waals surface area contributed by atoms with Crippen LogP contribution in [0.4, 0.5) is 0 Å². The largest absolute Gasteiger partial charge is 0.378 e. The first-order valence-corrected chi connectivity index (χ1v) is 6.34. The van der Waals surface area contributed by atoms with Crippen molar-refractivity contribution in [3.8, 4) is 0 Å². The zero-order valence-corrected chi connectivity index (χ0v) is 10.1. The van der Waals surface area contributed by atoms with Gasteiger partial charge in [0.15, 0.2) is 0 Å². The third kappa shape index (κ3) is 2.35. The van der Waals surface area contributed by atoms with E-state index in [4.69, 9.17) is 4.74 Å². The number of rotatable bonds is 2. The van der Waals surface area contributed by atoms with Gasteiger partial charge in [0.2, 0.25) is 0 Å². The summed E-state index contributed by atoms with van der Waals surface area (Å²) in [6, 6.07) is 0. The lowest BCUT2D eigenvalue weighted by molar-refractivity contribution is -0.0723. The molecule has 88 valence electrons. The molecular formula is C12H24N2O. The predicted molar refractivity (Wildman–Crippen MR) is 62.1 cm³/mol. The zero-order valence-electron chi connectivity index (χ0n) is 10.1. The van der Waals surface area contributed by atoms with E-state index >= 15 is 0 Å². The van der Waals surface area contributed by atoms with Crippen molar-refractivity contribution in [1.82, 2.24) is 10.2 Å². The molecule has 0 aromatic carbocycles. The number of ether oxygens (including phenoxy) is 1. The van der Waals surface area contributed by atoms with Crippen LogP contribution in [0.3, 0.4) is 0 Å². The van der Waals surface area contributed by atoms with Gasteiger partial charge in [-0.25, -0.2) is 0 Å². The second kappa shape index (κ2) is 4.81. The van der Waals surface area contributed by atoms with Crippen LogP contribution in [0.25, 0.3) is 0 Å². The average Bonchev–Trinajstić information content (AvgIpc) is 2.30. The molecule has 0 unspecified atom stereocenters. The Hall–Kier alpha value is -0.120. The van der Waals surface area contributed by atoms with Crippen LogP contribution < -0.4 is 5.32 Å². The Morgan fingerprint density at radius 2 is 2.13 bits per heavy atom. The average molecular weight is 212 g/mol. The summed E-state index contributed by atoms with van der Waals surface area (Å²) >= 11 is 0. The Kier molecular flexibility index (Phi) is 3.65. The fourth-order valence-electron chi connectivity index (χ4n) is 3.12. The lowest BCUT2D eigenvalue weighted by atomic mass is 9.82. The summed E-state index contributed by atoms with van der Waals surface area (Å²) in [5, 5.41) is 3.43. The van der Waals surface area contributed by atoms with Crippen molar-refractivity contribution in [2.75, 3.05) is 32.8 Å². The predicted octanol–water partition coefficient (Wildman–Crippen LogP) is 1.24. The molecule has 2 rings (SSSR count). The Bertz CT molecular complexity index is 204. The molecule has 15 heavy (non-hydrogen) atoms. The molecule has 2 fully saturated rings. The number of hydrogen-bond donors (Lipinski definition) is 1. The van der Waals surface area contributed by atoms with Gasteiger partial charge in [-0.3, -0.25) is 4.90 Å². The highest BCUT2D eigenvalue weighted by Gasteiger charge is 2.39. The Balaban J connectivity index is 2.04. The molecule has 2 saturated heterocycles. The fourth-order valence-corrected chi connectivity index (χ4v) is 3.12. The number of hydrogen-bond acceptors (Lipinski definition) is 3. The quantitative estimate of drug-likeness (QED) is 0.745. The van der Waals surface area contributed by atoms with Crippen LogP contribution in [0, 0.1) is 0 Å². The minimum absolute atomic E-state index is 0.430. The van der Waals surface area contributed by atoms with E-state index in [0.717, 1.165) is 19.7 Å². The van der Waals surface area contributed by atoms with Crippen LogP contribution in [0.5, 0.6) is 0 Å². The van der Waals surface area contributed by atoms with Gasteiger partial charge in [-0.1, -0.05) is 6.92 Å². The van der Waals surface area contributed by atoms with Gasteiger partial charge in [0.1, 0.15) is 0 Å². The molecule has 0 aromatic heterocycles. The summed E-state index contributed by atoms with van der Waals surface area (Å²) in [7, 11) is 0. The third-order valence-electron chi connectivity index (χ3n) is 4.08. The Morgan fingerprint density at radius 3 is 2.73 bits per heavy atom. The Labute approximate surface area is 93.2 Å². The van der Waals surface area contributed by atoms with Crippen molar-refractivity contribution in [3.05, 3.63) is 0 Å². The van der Waals surface area contributed by atoms with Gasteiger partial charge in [-0.15, -0.1) is 0 Å². The summed E-state index contributed by atoms with van der Waals surface area (Å²) in [4.78, 5) is 2.70. The summed E-state index contributed by atoms with van der Waals surface area (Å²) < 4.78 is 5.68. The Morgan fingerprint density at radius 1 is 1.40 bits per heavy atom. The van der Waals surface area contributed by atoms with Gasteiger partial charge in [0.25, 0.3) is 0 Å². The molecule has 2 atom stereocenters. The summed E-state index contributed by atoms with van der Waals surface area (Å²) in [5.74, 6) is 0. The van der Waals surface area contributed by atoms with Crippen molar-refractivity contribution in [3.63, 3.8) is 0 Å². The van der Waals surface area contributed by atoms with Gasteiger partial charge >= 0.3 is 0 Å². The summed E-state index contributed by atoms with van der Waals surface area (Å²) in [5.41, 5.74) is 0.430. The molecule has 3 heteroatoms. The van der Waals surface area contributed by atoms with E-state index in [1.165, 1.54) is 32.4 Å². The van der Waals surface area contributed by atoms with Gasteiger partial charge in [0, 0.05) is 38.3 Å². The monoisotopic (exact) mass is 212 g/mol. The van der Waals surface area contributed by atoms with Crippen LogP contribution in [-0.2, 0) is 4.74 Å². The van der Waals surface area contributed by atoms with Gasteiger partial charge in [-0.2, -0.15) is 0 Å². The maximum Gasteiger partial charge on any atom is 0.0564 e. The van der Waals surface area contributed by atoms with Crippen molar-refractivity contribution < 1.29 is 4.74 Å². The van der Waals surface area contributed by atoms with Gasteiger partial charge in [-0.05, 0) is 26.2 Å². The lowest BCUT2D eigenvalue weighted by Gasteiger charge is -2.49. The highest BCUT2D eigenvalue weighted by Crippen LogP contribution is 2.34. The number of piperazine rings is 1. The fraction of sp³-hybridized carbons (Fsp3) is 1.00. The molecule has 0 radical (unpaired) electrons. The molecule has 0 aliphatic carbocycles. The van der Waals surface area contributed by atoms with E-state index in [0.29, 0.717) is 11.6 Å². The minimum atomic E-state index is 0.430. The molecule has 0 bridgehead atoms. The molecule has 3 nitrogen and oxygen atoms in total. The highest BCUT2D eigenvalue weighted by molar-refractivity contribution is 4.95. The van der Waals surface area contributed by atoms with Gasteiger partial charge in [0.05, 0.1) is 6.10 Å². The van der Waals surface area contributed by atoms with Crippen LogP contribution in [-0.4, -0.2) is 49.3 Å². The summed E-state index contributed by atoms with van der Waals surface area (Å²) in [6.45, 7) is 10.2. The molecule has 1 N–H and O–H groups in total. The summed E-state index contributed by atoms with van der Waals surface area (Å²) in [6.07, 6.45) is 4.13. The molecule has 0 spiro atoms. The lowest BCUT2D eigenvalue weighted by Crippen LogP contribution is -2.59. The van der Waals surface area contributed by atoms with Crippen molar-refractivity contribution in [2.24, 2.45) is 0 Å². The van der Waals surface area contributed by atoms with E-state index in [1.807, 2.05) is 0 Å². The van der Waals surface area contributed by atoms with E-state index in [2.05, 4.69) is 24.1 Å². The van der Waals surface area contributed by atoms with E-state index in [-0.39, 0.29) is 0 Å². The second-order valence-corrected chi connectivity index (χ2v) is 4.95. The molecule has 0 amide bonds. The molecule has 2 aliphatic heterocycles. The minimum Gasteiger partial charge on any atom is -0.378 e. The zero-order chi connectivity index (χ0) is 10.7. The second-order valence-electron chi connectivity index (χ2n) is 4.95. The van der Waals surface area contributed by atoms with E-state index in [1.54, 1.807) is 0 Å². The molecule has 0 aromatic rings. The van der Waals surface area contributed by atoms with Crippen LogP contribution in [0.15, 0.2) is 0 Å². The molecule has 0 saturated carbocycles. The number of nitrogens with zero attached hydrogens (tertiary/aromatic N) is 1. The standard InChI is InChI=1S/C12H24N2O/c1-3-12(4-9-15-11(2)10-12)14-7-5-13-6-8-14/h11,13H,3-10H2,1-2H3/t11-,12+/m1/s1. The topological polar surface area (TPSA) is 24.5 Å². The van der Waals surface area contributed by atoms with Gasteiger partial charge < -0.3 is 10.1 Å².